The van der Waals surface area contributed by atoms with Crippen LogP contribution in [0.4, 0.5) is 5.69 Å². The predicted molar refractivity (Wildman–Crippen MR) is 114 cm³/mol. The summed E-state index contributed by atoms with van der Waals surface area (Å²) in [6.45, 7) is 11.2. The summed E-state index contributed by atoms with van der Waals surface area (Å²) in [4.78, 5) is 0. The molecule has 0 aliphatic heterocycles. The Bertz CT molecular complexity index is 759. The van der Waals surface area contributed by atoms with Crippen LogP contribution >= 0.6 is 12.2 Å². The summed E-state index contributed by atoms with van der Waals surface area (Å²) in [6.07, 6.45) is 0. The first kappa shape index (κ1) is 19.9. The molecule has 4 nitrogen and oxygen atoms in total. The maximum Gasteiger partial charge on any atom is 0.191 e. The molecule has 0 bridgehead atoms. The van der Waals surface area contributed by atoms with E-state index in [1.807, 2.05) is 38.1 Å². The van der Waals surface area contributed by atoms with Gasteiger partial charge in [-0.25, -0.2) is 0 Å². The van der Waals surface area contributed by atoms with E-state index in [1.54, 1.807) is 0 Å². The smallest absolute Gasteiger partial charge is 0.191 e. The summed E-state index contributed by atoms with van der Waals surface area (Å²) in [5.41, 5.74) is 7.16. The predicted octanol–water partition coefficient (Wildman–Crippen LogP) is 5.09. The Morgan fingerprint density at radius 2 is 1.65 bits per heavy atom. The fourth-order valence-electron chi connectivity index (χ4n) is 2.37. The fraction of sp³-hybridized carbons (Fsp3) is 0.333. The maximum absolute atomic E-state index is 5.42. The third-order valence-electron chi connectivity index (χ3n) is 3.92. The number of benzene rings is 2. The van der Waals surface area contributed by atoms with Gasteiger partial charge in [-0.3, -0.25) is 5.43 Å². The normalized spacial score (nSPS) is 11.8. The molecule has 2 rings (SSSR count). The van der Waals surface area contributed by atoms with E-state index < -0.39 is 0 Å². The van der Waals surface area contributed by atoms with Crippen molar-refractivity contribution >= 4 is 28.7 Å². The van der Waals surface area contributed by atoms with E-state index in [4.69, 9.17) is 17.0 Å². The minimum atomic E-state index is 0.144. The van der Waals surface area contributed by atoms with Crippen molar-refractivity contribution in [2.45, 2.75) is 40.0 Å². The molecule has 0 aromatic heterocycles. The highest BCUT2D eigenvalue weighted by Crippen LogP contribution is 2.22. The molecule has 26 heavy (non-hydrogen) atoms. The van der Waals surface area contributed by atoms with Gasteiger partial charge in [-0.05, 0) is 66.9 Å². The van der Waals surface area contributed by atoms with Gasteiger partial charge in [0.15, 0.2) is 5.11 Å². The highest BCUT2D eigenvalue weighted by Gasteiger charge is 2.13. The highest BCUT2D eigenvalue weighted by molar-refractivity contribution is 7.80. The van der Waals surface area contributed by atoms with Crippen LogP contribution in [0.15, 0.2) is 53.6 Å². The standard InChI is InChI=1S/C21H27N3OS/c1-6-25-19-13-11-18(12-14-19)22-20(26)24-23-15(2)16-7-9-17(10-8-16)21(3,4)5/h7-14H,6H2,1-5H3,(H2,22,24,26)/b23-15+. The van der Waals surface area contributed by atoms with E-state index in [-0.39, 0.29) is 5.41 Å². The van der Waals surface area contributed by atoms with Gasteiger partial charge in [-0.1, -0.05) is 45.0 Å². The van der Waals surface area contributed by atoms with Gasteiger partial charge in [-0.15, -0.1) is 0 Å². The second-order valence-electron chi connectivity index (χ2n) is 7.05. The van der Waals surface area contributed by atoms with Crippen LogP contribution in [0, 0.1) is 0 Å². The Morgan fingerprint density at radius 1 is 1.04 bits per heavy atom. The quantitative estimate of drug-likeness (QED) is 0.438. The molecule has 0 radical (unpaired) electrons. The van der Waals surface area contributed by atoms with Gasteiger partial charge in [0.05, 0.1) is 12.3 Å². The fourth-order valence-corrected chi connectivity index (χ4v) is 2.53. The van der Waals surface area contributed by atoms with E-state index in [2.05, 4.69) is 60.9 Å². The van der Waals surface area contributed by atoms with Crippen LogP contribution in [-0.2, 0) is 5.41 Å². The molecular formula is C21H27N3OS. The molecule has 2 N–H and O–H groups in total. The van der Waals surface area contributed by atoms with Crippen LogP contribution in [0.5, 0.6) is 5.75 Å². The second kappa shape index (κ2) is 8.81. The van der Waals surface area contributed by atoms with Crippen molar-refractivity contribution < 1.29 is 4.74 Å². The largest absolute Gasteiger partial charge is 0.494 e. The Hall–Kier alpha value is -2.40. The van der Waals surface area contributed by atoms with Crippen molar-refractivity contribution in [3.63, 3.8) is 0 Å². The van der Waals surface area contributed by atoms with Crippen molar-refractivity contribution in [2.24, 2.45) is 5.10 Å². The molecular weight excluding hydrogens is 342 g/mol. The second-order valence-corrected chi connectivity index (χ2v) is 7.46. The minimum absolute atomic E-state index is 0.144. The van der Waals surface area contributed by atoms with E-state index in [1.165, 1.54) is 5.56 Å². The lowest BCUT2D eigenvalue weighted by Gasteiger charge is -2.19. The van der Waals surface area contributed by atoms with Gasteiger partial charge >= 0.3 is 0 Å². The van der Waals surface area contributed by atoms with Crippen molar-refractivity contribution in [2.75, 3.05) is 11.9 Å². The number of thiocarbonyl (C=S) groups is 1. The Labute approximate surface area is 161 Å². The molecule has 0 saturated carbocycles. The number of hydrogen-bond acceptors (Lipinski definition) is 3. The summed E-state index contributed by atoms with van der Waals surface area (Å²) in [5.74, 6) is 0.837. The number of ether oxygens (including phenoxy) is 1. The number of hydrazone groups is 1. The summed E-state index contributed by atoms with van der Waals surface area (Å²) >= 11 is 5.30. The van der Waals surface area contributed by atoms with E-state index in [9.17, 15) is 0 Å². The van der Waals surface area contributed by atoms with E-state index in [0.717, 1.165) is 22.7 Å². The molecule has 0 heterocycles. The van der Waals surface area contributed by atoms with E-state index >= 15 is 0 Å². The number of anilines is 1. The minimum Gasteiger partial charge on any atom is -0.494 e. The zero-order chi connectivity index (χ0) is 19.2. The van der Waals surface area contributed by atoms with Gasteiger partial charge in [0.1, 0.15) is 5.75 Å². The molecule has 0 atom stereocenters. The Kier molecular flexibility index (Phi) is 6.75. The molecule has 2 aromatic rings. The van der Waals surface area contributed by atoms with Crippen LogP contribution in [0.1, 0.15) is 45.7 Å². The molecule has 0 unspecified atom stereocenters. The van der Waals surface area contributed by atoms with Gasteiger partial charge in [0.2, 0.25) is 0 Å². The molecule has 0 amide bonds. The summed E-state index contributed by atoms with van der Waals surface area (Å²) in [7, 11) is 0. The van der Waals surface area contributed by atoms with Gasteiger partial charge in [-0.2, -0.15) is 5.10 Å². The number of nitrogens with zero attached hydrogens (tertiary/aromatic N) is 1. The summed E-state index contributed by atoms with van der Waals surface area (Å²) < 4.78 is 5.42. The topological polar surface area (TPSA) is 45.6 Å². The summed E-state index contributed by atoms with van der Waals surface area (Å²) in [6, 6.07) is 16.1. The van der Waals surface area contributed by atoms with Crippen molar-refractivity contribution in [1.29, 1.82) is 0 Å². The molecule has 0 saturated heterocycles. The van der Waals surface area contributed by atoms with Crippen molar-refractivity contribution in [3.05, 3.63) is 59.7 Å². The number of rotatable bonds is 5. The SMILES string of the molecule is CCOc1ccc(NC(=S)N/N=C(\C)c2ccc(C(C)(C)C)cc2)cc1. The number of nitrogens with one attached hydrogen (secondary N) is 2. The molecule has 0 aliphatic carbocycles. The summed E-state index contributed by atoms with van der Waals surface area (Å²) in [5, 5.41) is 7.92. The van der Waals surface area contributed by atoms with Crippen LogP contribution in [0.25, 0.3) is 0 Å². The van der Waals surface area contributed by atoms with Crippen molar-refractivity contribution in [3.8, 4) is 5.75 Å². The average molecular weight is 370 g/mol. The first-order valence-electron chi connectivity index (χ1n) is 8.74. The molecule has 0 aliphatic rings. The van der Waals surface area contributed by atoms with E-state index in [0.29, 0.717) is 11.7 Å². The Balaban J connectivity index is 1.94. The molecule has 0 fully saturated rings. The monoisotopic (exact) mass is 369 g/mol. The molecule has 2 aromatic carbocycles. The third kappa shape index (κ3) is 5.85. The van der Waals surface area contributed by atoms with Gasteiger partial charge in [0, 0.05) is 5.69 Å². The van der Waals surface area contributed by atoms with Crippen LogP contribution in [0.3, 0.4) is 0 Å². The first-order valence-corrected chi connectivity index (χ1v) is 9.15. The number of hydrogen-bond donors (Lipinski definition) is 2. The zero-order valence-electron chi connectivity index (χ0n) is 16.1. The van der Waals surface area contributed by atoms with Crippen molar-refractivity contribution in [1.82, 2.24) is 5.43 Å². The lowest BCUT2D eigenvalue weighted by atomic mass is 9.86. The lowest BCUT2D eigenvalue weighted by molar-refractivity contribution is 0.340. The third-order valence-corrected chi connectivity index (χ3v) is 4.11. The first-order chi connectivity index (χ1) is 12.3. The zero-order valence-corrected chi connectivity index (χ0v) is 16.9. The maximum atomic E-state index is 5.42. The van der Waals surface area contributed by atoms with Crippen LogP contribution < -0.4 is 15.5 Å². The average Bonchev–Trinajstić information content (AvgIpc) is 2.61. The molecule has 138 valence electrons. The van der Waals surface area contributed by atoms with Gasteiger partial charge < -0.3 is 10.1 Å². The van der Waals surface area contributed by atoms with Gasteiger partial charge in [0.25, 0.3) is 0 Å². The Morgan fingerprint density at radius 3 is 2.19 bits per heavy atom. The van der Waals surface area contributed by atoms with Crippen LogP contribution in [-0.4, -0.2) is 17.4 Å². The molecule has 0 spiro atoms. The molecule has 5 heteroatoms. The van der Waals surface area contributed by atoms with Crippen LogP contribution in [0.2, 0.25) is 0 Å². The lowest BCUT2D eigenvalue weighted by Crippen LogP contribution is -2.25. The highest BCUT2D eigenvalue weighted by atomic mass is 32.1.